The molecule has 0 aromatic carbocycles. The Morgan fingerprint density at radius 1 is 1.40 bits per heavy atom. The van der Waals surface area contributed by atoms with Crippen molar-refractivity contribution in [1.82, 2.24) is 20.6 Å². The SMILES string of the molecule is CC(C)NC(=O)CNCc1ncccn1. The summed E-state index contributed by atoms with van der Waals surface area (Å²) in [6.07, 6.45) is 3.36. The number of nitrogens with zero attached hydrogens (tertiary/aromatic N) is 2. The first-order valence-corrected chi connectivity index (χ1v) is 4.94. The van der Waals surface area contributed by atoms with Gasteiger partial charge in [0.1, 0.15) is 5.82 Å². The Morgan fingerprint density at radius 2 is 2.07 bits per heavy atom. The Labute approximate surface area is 89.3 Å². The van der Waals surface area contributed by atoms with Gasteiger partial charge in [0, 0.05) is 18.4 Å². The summed E-state index contributed by atoms with van der Waals surface area (Å²) in [5, 5.41) is 5.76. The summed E-state index contributed by atoms with van der Waals surface area (Å²) < 4.78 is 0. The molecule has 0 bridgehead atoms. The van der Waals surface area contributed by atoms with Gasteiger partial charge < -0.3 is 10.6 Å². The van der Waals surface area contributed by atoms with Crippen LogP contribution >= 0.6 is 0 Å². The van der Waals surface area contributed by atoms with E-state index < -0.39 is 0 Å². The van der Waals surface area contributed by atoms with Crippen molar-refractivity contribution in [1.29, 1.82) is 0 Å². The molecule has 0 radical (unpaired) electrons. The quantitative estimate of drug-likeness (QED) is 0.719. The lowest BCUT2D eigenvalue weighted by Gasteiger charge is -2.08. The van der Waals surface area contributed by atoms with Crippen LogP contribution in [0.1, 0.15) is 19.7 Å². The largest absolute Gasteiger partial charge is 0.353 e. The summed E-state index contributed by atoms with van der Waals surface area (Å²) in [5.74, 6) is 0.677. The topological polar surface area (TPSA) is 66.9 Å². The Hall–Kier alpha value is -1.49. The Kier molecular flexibility index (Phi) is 4.70. The molecule has 0 atom stereocenters. The molecule has 1 rings (SSSR count). The van der Waals surface area contributed by atoms with E-state index in [0.717, 1.165) is 0 Å². The zero-order chi connectivity index (χ0) is 11.1. The molecule has 0 aliphatic heterocycles. The minimum atomic E-state index is -0.0130. The van der Waals surface area contributed by atoms with Crippen LogP contribution in [0.4, 0.5) is 0 Å². The molecule has 0 saturated carbocycles. The predicted octanol–water partition coefficient (Wildman–Crippen LogP) is 0.0908. The van der Waals surface area contributed by atoms with Gasteiger partial charge in [0.2, 0.25) is 5.91 Å². The fraction of sp³-hybridized carbons (Fsp3) is 0.500. The highest BCUT2D eigenvalue weighted by Crippen LogP contribution is 1.85. The van der Waals surface area contributed by atoms with Crippen molar-refractivity contribution in [3.05, 3.63) is 24.3 Å². The molecular formula is C10H16N4O. The van der Waals surface area contributed by atoms with Crippen molar-refractivity contribution in [3.8, 4) is 0 Å². The van der Waals surface area contributed by atoms with Gasteiger partial charge in [-0.3, -0.25) is 4.79 Å². The van der Waals surface area contributed by atoms with Crippen molar-refractivity contribution in [2.75, 3.05) is 6.54 Å². The van der Waals surface area contributed by atoms with E-state index in [1.165, 1.54) is 0 Å². The summed E-state index contributed by atoms with van der Waals surface area (Å²) >= 11 is 0. The molecule has 1 amide bonds. The van der Waals surface area contributed by atoms with Crippen LogP contribution in [0.25, 0.3) is 0 Å². The van der Waals surface area contributed by atoms with E-state index in [1.54, 1.807) is 18.5 Å². The average molecular weight is 208 g/mol. The number of aromatic nitrogens is 2. The molecule has 1 heterocycles. The lowest BCUT2D eigenvalue weighted by molar-refractivity contribution is -0.120. The summed E-state index contributed by atoms with van der Waals surface area (Å²) in [6.45, 7) is 4.65. The maximum atomic E-state index is 11.2. The molecule has 5 heteroatoms. The second-order valence-corrected chi connectivity index (χ2v) is 3.49. The van der Waals surface area contributed by atoms with E-state index in [0.29, 0.717) is 12.4 Å². The van der Waals surface area contributed by atoms with Crippen LogP contribution in [0.5, 0.6) is 0 Å². The third-order valence-electron chi connectivity index (χ3n) is 1.64. The van der Waals surface area contributed by atoms with E-state index in [1.807, 2.05) is 13.8 Å². The van der Waals surface area contributed by atoms with Gasteiger partial charge in [-0.1, -0.05) is 0 Å². The van der Waals surface area contributed by atoms with Crippen molar-refractivity contribution in [2.45, 2.75) is 26.4 Å². The first-order chi connectivity index (χ1) is 7.18. The maximum Gasteiger partial charge on any atom is 0.234 e. The van der Waals surface area contributed by atoms with E-state index in [2.05, 4.69) is 20.6 Å². The third kappa shape index (κ3) is 5.07. The summed E-state index contributed by atoms with van der Waals surface area (Å²) in [6, 6.07) is 1.93. The number of rotatable bonds is 5. The van der Waals surface area contributed by atoms with Crippen LogP contribution < -0.4 is 10.6 Å². The van der Waals surface area contributed by atoms with Gasteiger partial charge in [-0.25, -0.2) is 9.97 Å². The van der Waals surface area contributed by atoms with Gasteiger partial charge in [-0.2, -0.15) is 0 Å². The van der Waals surface area contributed by atoms with Crippen LogP contribution in [0.2, 0.25) is 0 Å². The molecule has 0 saturated heterocycles. The molecule has 0 aliphatic carbocycles. The Bertz CT molecular complexity index is 300. The monoisotopic (exact) mass is 208 g/mol. The first kappa shape index (κ1) is 11.6. The zero-order valence-corrected chi connectivity index (χ0v) is 9.03. The van der Waals surface area contributed by atoms with Gasteiger partial charge in [0.05, 0.1) is 13.1 Å². The number of hydrogen-bond donors (Lipinski definition) is 2. The van der Waals surface area contributed by atoms with Crippen molar-refractivity contribution < 1.29 is 4.79 Å². The number of hydrogen-bond acceptors (Lipinski definition) is 4. The fourth-order valence-electron chi connectivity index (χ4n) is 1.08. The zero-order valence-electron chi connectivity index (χ0n) is 9.03. The van der Waals surface area contributed by atoms with Gasteiger partial charge >= 0.3 is 0 Å². The molecular weight excluding hydrogens is 192 g/mol. The molecule has 2 N–H and O–H groups in total. The summed E-state index contributed by atoms with van der Waals surface area (Å²) in [4.78, 5) is 19.3. The molecule has 82 valence electrons. The van der Waals surface area contributed by atoms with Crippen LogP contribution in [0.3, 0.4) is 0 Å². The average Bonchev–Trinajstić information content (AvgIpc) is 2.18. The molecule has 5 nitrogen and oxygen atoms in total. The van der Waals surface area contributed by atoms with Crippen molar-refractivity contribution >= 4 is 5.91 Å². The van der Waals surface area contributed by atoms with Crippen molar-refractivity contribution in [2.24, 2.45) is 0 Å². The second kappa shape index (κ2) is 6.08. The number of carbonyl (C=O) groups is 1. The van der Waals surface area contributed by atoms with Crippen LogP contribution in [0, 0.1) is 0 Å². The second-order valence-electron chi connectivity index (χ2n) is 3.49. The molecule has 0 aliphatic rings. The highest BCUT2D eigenvalue weighted by molar-refractivity contribution is 5.78. The lowest BCUT2D eigenvalue weighted by Crippen LogP contribution is -2.37. The normalized spacial score (nSPS) is 10.3. The van der Waals surface area contributed by atoms with Crippen LogP contribution in [-0.4, -0.2) is 28.5 Å². The van der Waals surface area contributed by atoms with E-state index in [4.69, 9.17) is 0 Å². The highest BCUT2D eigenvalue weighted by Gasteiger charge is 2.02. The first-order valence-electron chi connectivity index (χ1n) is 4.94. The molecule has 1 aromatic heterocycles. The molecule has 0 unspecified atom stereocenters. The number of carbonyl (C=O) groups excluding carboxylic acids is 1. The smallest absolute Gasteiger partial charge is 0.234 e. The summed E-state index contributed by atoms with van der Waals surface area (Å²) in [7, 11) is 0. The standard InChI is InChI=1S/C10H16N4O/c1-8(2)14-10(15)7-11-6-9-12-4-3-5-13-9/h3-5,8,11H,6-7H2,1-2H3,(H,14,15). The minimum absolute atomic E-state index is 0.0130. The van der Waals surface area contributed by atoms with Gasteiger partial charge in [0.25, 0.3) is 0 Å². The predicted molar refractivity (Wildman–Crippen MR) is 57.0 cm³/mol. The Balaban J connectivity index is 2.19. The van der Waals surface area contributed by atoms with E-state index in [-0.39, 0.29) is 18.5 Å². The van der Waals surface area contributed by atoms with Crippen LogP contribution in [-0.2, 0) is 11.3 Å². The van der Waals surface area contributed by atoms with Gasteiger partial charge in [-0.15, -0.1) is 0 Å². The maximum absolute atomic E-state index is 11.2. The Morgan fingerprint density at radius 3 is 2.67 bits per heavy atom. The summed E-state index contributed by atoms with van der Waals surface area (Å²) in [5.41, 5.74) is 0. The van der Waals surface area contributed by atoms with Crippen molar-refractivity contribution in [3.63, 3.8) is 0 Å². The van der Waals surface area contributed by atoms with Gasteiger partial charge in [0.15, 0.2) is 0 Å². The number of nitrogens with one attached hydrogen (secondary N) is 2. The van der Waals surface area contributed by atoms with E-state index >= 15 is 0 Å². The fourth-order valence-corrected chi connectivity index (χ4v) is 1.08. The van der Waals surface area contributed by atoms with Gasteiger partial charge in [-0.05, 0) is 19.9 Å². The van der Waals surface area contributed by atoms with Crippen LogP contribution in [0.15, 0.2) is 18.5 Å². The molecule has 15 heavy (non-hydrogen) atoms. The third-order valence-corrected chi connectivity index (χ3v) is 1.64. The molecule has 0 fully saturated rings. The van der Waals surface area contributed by atoms with E-state index in [9.17, 15) is 4.79 Å². The molecule has 0 spiro atoms. The highest BCUT2D eigenvalue weighted by atomic mass is 16.1. The lowest BCUT2D eigenvalue weighted by atomic mass is 10.4. The number of amides is 1. The molecule has 1 aromatic rings. The minimum Gasteiger partial charge on any atom is -0.353 e.